The summed E-state index contributed by atoms with van der Waals surface area (Å²) in [5, 5.41) is 0. The number of ketones is 1. The highest BCUT2D eigenvalue weighted by Gasteiger charge is 2.46. The third kappa shape index (κ3) is 9.57. The predicted octanol–water partition coefficient (Wildman–Crippen LogP) is 7.53. The van der Waals surface area contributed by atoms with Gasteiger partial charge in [-0.15, -0.1) is 0 Å². The van der Waals surface area contributed by atoms with Gasteiger partial charge in [0, 0.05) is 12.1 Å². The molecular weight excluding hydrogens is 598 g/mol. The van der Waals surface area contributed by atoms with Gasteiger partial charge < -0.3 is 18.9 Å². The quantitative estimate of drug-likeness (QED) is 0.104. The topological polar surface area (TPSA) is 57.2 Å². The van der Waals surface area contributed by atoms with Crippen molar-refractivity contribution in [2.75, 3.05) is 19.7 Å². The van der Waals surface area contributed by atoms with E-state index < -0.39 is 12.2 Å². The zero-order chi connectivity index (χ0) is 32.8. The van der Waals surface area contributed by atoms with E-state index in [9.17, 15) is 4.79 Å². The van der Waals surface area contributed by atoms with Gasteiger partial charge in [-0.3, -0.25) is 9.69 Å². The molecule has 0 amide bonds. The van der Waals surface area contributed by atoms with E-state index in [1.54, 1.807) is 0 Å². The van der Waals surface area contributed by atoms with Crippen molar-refractivity contribution in [1.29, 1.82) is 0 Å². The van der Waals surface area contributed by atoms with Gasteiger partial charge in [-0.1, -0.05) is 152 Å². The number of Topliss-reactive ketones (excluding diaryl/α,β-unsaturated/α-hetero) is 1. The molecule has 0 N–H and O–H groups in total. The average Bonchev–Trinajstić information content (AvgIpc) is 3.15. The Morgan fingerprint density at radius 3 is 1.44 bits per heavy atom. The van der Waals surface area contributed by atoms with Crippen LogP contribution in [0.25, 0.3) is 0 Å². The first-order valence-corrected chi connectivity index (χ1v) is 16.6. The van der Waals surface area contributed by atoms with Crippen LogP contribution in [0.1, 0.15) is 32.6 Å². The van der Waals surface area contributed by atoms with Gasteiger partial charge in [0.25, 0.3) is 0 Å². The summed E-state index contributed by atoms with van der Waals surface area (Å²) >= 11 is 0. The van der Waals surface area contributed by atoms with E-state index in [2.05, 4.69) is 53.4 Å². The van der Waals surface area contributed by atoms with Crippen LogP contribution in [0, 0.1) is 0 Å². The molecule has 6 heteroatoms. The van der Waals surface area contributed by atoms with Crippen molar-refractivity contribution in [3.8, 4) is 0 Å². The number of carbonyl (C=O) groups is 1. The average molecular weight is 642 g/mol. The first-order chi connectivity index (χ1) is 23.7. The Morgan fingerprint density at radius 2 is 0.938 bits per heavy atom. The monoisotopic (exact) mass is 641 g/mol. The molecule has 5 aromatic carbocycles. The molecule has 6 rings (SSSR count). The molecule has 0 spiro atoms. The molecule has 0 aliphatic carbocycles. The predicted molar refractivity (Wildman–Crippen MR) is 187 cm³/mol. The van der Waals surface area contributed by atoms with Crippen LogP contribution in [0.15, 0.2) is 152 Å². The first kappa shape index (κ1) is 33.5. The van der Waals surface area contributed by atoms with Crippen LogP contribution in [-0.2, 0) is 45.4 Å². The molecule has 0 radical (unpaired) electrons. The highest BCUT2D eigenvalue weighted by atomic mass is 16.6. The van der Waals surface area contributed by atoms with Gasteiger partial charge in [0.2, 0.25) is 0 Å². The van der Waals surface area contributed by atoms with Crippen LogP contribution >= 0.6 is 0 Å². The smallest absolute Gasteiger partial charge is 0.176 e. The Bertz CT molecular complexity index is 1640. The number of carbonyl (C=O) groups excluding carboxylic acids is 1. The third-order valence-corrected chi connectivity index (χ3v) is 8.67. The molecular formula is C42H43NO5. The number of hydrogen-bond donors (Lipinski definition) is 0. The molecule has 246 valence electrons. The highest BCUT2D eigenvalue weighted by Crippen LogP contribution is 2.29. The van der Waals surface area contributed by atoms with Gasteiger partial charge >= 0.3 is 0 Å². The lowest BCUT2D eigenvalue weighted by atomic mass is 9.92. The molecule has 1 fully saturated rings. The van der Waals surface area contributed by atoms with Crippen molar-refractivity contribution in [3.63, 3.8) is 0 Å². The standard InChI is InChI=1S/C42H43NO5/c44-39(37-24-14-5-15-25-37)26-43-27-40(46-29-34-18-8-2-9-19-34)42(48-31-36-22-12-4-13-23-36)41(47-30-35-20-10-3-11-21-35)38(43)32-45-28-33-16-6-1-7-17-33/h1-25,38,40-42H,26-32H2/t38-,40+,41-,42-/m1/s1. The second kappa shape index (κ2) is 17.6. The summed E-state index contributed by atoms with van der Waals surface area (Å²) in [6.07, 6.45) is -1.25. The van der Waals surface area contributed by atoms with Crippen molar-refractivity contribution < 1.29 is 23.7 Å². The maximum Gasteiger partial charge on any atom is 0.176 e. The van der Waals surface area contributed by atoms with Crippen molar-refractivity contribution >= 4 is 5.78 Å². The fraction of sp³-hybridized carbons (Fsp3) is 0.262. The Labute approximate surface area is 283 Å². The van der Waals surface area contributed by atoms with Crippen molar-refractivity contribution in [2.24, 2.45) is 0 Å². The summed E-state index contributed by atoms with van der Waals surface area (Å²) in [7, 11) is 0. The van der Waals surface area contributed by atoms with Gasteiger partial charge in [-0.2, -0.15) is 0 Å². The normalized spacial score (nSPS) is 19.6. The maximum atomic E-state index is 13.7. The van der Waals surface area contributed by atoms with Crippen LogP contribution < -0.4 is 0 Å². The minimum absolute atomic E-state index is 0.0379. The fourth-order valence-electron chi connectivity index (χ4n) is 6.13. The zero-order valence-corrected chi connectivity index (χ0v) is 27.2. The van der Waals surface area contributed by atoms with Gasteiger partial charge in [-0.25, -0.2) is 0 Å². The Balaban J connectivity index is 1.32. The molecule has 48 heavy (non-hydrogen) atoms. The van der Waals surface area contributed by atoms with E-state index in [0.29, 0.717) is 45.1 Å². The number of piperidine rings is 1. The minimum atomic E-state index is -0.456. The Morgan fingerprint density at radius 1 is 0.521 bits per heavy atom. The fourth-order valence-corrected chi connectivity index (χ4v) is 6.13. The molecule has 4 atom stereocenters. The second-order valence-electron chi connectivity index (χ2n) is 12.1. The highest BCUT2D eigenvalue weighted by molar-refractivity contribution is 5.97. The minimum Gasteiger partial charge on any atom is -0.375 e. The summed E-state index contributed by atoms with van der Waals surface area (Å²) in [5.41, 5.74) is 4.96. The number of benzene rings is 5. The molecule has 0 aromatic heterocycles. The van der Waals surface area contributed by atoms with Crippen molar-refractivity contribution in [3.05, 3.63) is 179 Å². The first-order valence-electron chi connectivity index (χ1n) is 16.6. The molecule has 1 heterocycles. The Hall–Kier alpha value is -4.43. The number of nitrogens with zero attached hydrogens (tertiary/aromatic N) is 1. The summed E-state index contributed by atoms with van der Waals surface area (Å²) in [6.45, 7) is 2.69. The van der Waals surface area contributed by atoms with E-state index in [-0.39, 0.29) is 24.5 Å². The largest absolute Gasteiger partial charge is 0.375 e. The second-order valence-corrected chi connectivity index (χ2v) is 12.1. The Kier molecular flexibility index (Phi) is 12.3. The zero-order valence-electron chi connectivity index (χ0n) is 27.2. The van der Waals surface area contributed by atoms with E-state index in [1.165, 1.54) is 0 Å². The van der Waals surface area contributed by atoms with Crippen LogP contribution in [0.5, 0.6) is 0 Å². The number of likely N-dealkylation sites (tertiary alicyclic amines) is 1. The summed E-state index contributed by atoms with van der Waals surface area (Å²) in [4.78, 5) is 15.9. The lowest BCUT2D eigenvalue weighted by Gasteiger charge is -2.48. The molecule has 5 aromatic rings. The molecule has 1 saturated heterocycles. The molecule has 1 aliphatic rings. The van der Waals surface area contributed by atoms with Gasteiger partial charge in [0.1, 0.15) is 12.2 Å². The van der Waals surface area contributed by atoms with E-state index in [0.717, 1.165) is 22.3 Å². The lowest BCUT2D eigenvalue weighted by molar-refractivity contribution is -0.209. The van der Waals surface area contributed by atoms with Gasteiger partial charge in [-0.05, 0) is 22.3 Å². The van der Waals surface area contributed by atoms with Crippen LogP contribution in [0.3, 0.4) is 0 Å². The maximum absolute atomic E-state index is 13.7. The lowest BCUT2D eigenvalue weighted by Crippen LogP contribution is -2.65. The van der Waals surface area contributed by atoms with E-state index in [4.69, 9.17) is 18.9 Å². The number of ether oxygens (including phenoxy) is 4. The van der Waals surface area contributed by atoms with Crippen molar-refractivity contribution in [2.45, 2.75) is 50.8 Å². The number of rotatable bonds is 16. The van der Waals surface area contributed by atoms with E-state index in [1.807, 2.05) is 103 Å². The van der Waals surface area contributed by atoms with Gasteiger partial charge in [0.05, 0.1) is 51.7 Å². The summed E-state index contributed by atoms with van der Waals surface area (Å²) in [5.74, 6) is 0.0379. The van der Waals surface area contributed by atoms with Gasteiger partial charge in [0.15, 0.2) is 5.78 Å². The molecule has 0 saturated carbocycles. The van der Waals surface area contributed by atoms with Crippen LogP contribution in [0.4, 0.5) is 0 Å². The third-order valence-electron chi connectivity index (χ3n) is 8.67. The van der Waals surface area contributed by atoms with Crippen molar-refractivity contribution in [1.82, 2.24) is 4.90 Å². The van der Waals surface area contributed by atoms with Crippen LogP contribution in [0.2, 0.25) is 0 Å². The molecule has 0 bridgehead atoms. The van der Waals surface area contributed by atoms with Crippen LogP contribution in [-0.4, -0.2) is 54.7 Å². The molecule has 0 unspecified atom stereocenters. The summed E-state index contributed by atoms with van der Waals surface area (Å²) in [6, 6.07) is 49.8. The van der Waals surface area contributed by atoms with E-state index >= 15 is 0 Å². The number of hydrogen-bond acceptors (Lipinski definition) is 6. The molecule has 6 nitrogen and oxygen atoms in total. The summed E-state index contributed by atoms with van der Waals surface area (Å²) < 4.78 is 26.7. The molecule has 1 aliphatic heterocycles. The SMILES string of the molecule is O=C(CN1C[C@H](OCc2ccccc2)[C@@H](OCc2ccccc2)[C@H](OCc2ccccc2)[C@H]1COCc1ccccc1)c1ccccc1.